The third-order valence-corrected chi connectivity index (χ3v) is 11.1. The Morgan fingerprint density at radius 1 is 0.264 bits per heavy atom. The summed E-state index contributed by atoms with van der Waals surface area (Å²) >= 11 is 0. The molecule has 1 heterocycles. The van der Waals surface area contributed by atoms with Crippen molar-refractivity contribution < 1.29 is 4.42 Å². The molecular weight excluding hydrogens is 641 g/mol. The van der Waals surface area contributed by atoms with Gasteiger partial charge in [0, 0.05) is 10.8 Å². The van der Waals surface area contributed by atoms with Crippen LogP contribution in [0, 0.1) is 0 Å². The number of furan rings is 1. The summed E-state index contributed by atoms with van der Waals surface area (Å²) in [6, 6.07) is 70.6. The zero-order valence-electron chi connectivity index (χ0n) is 28.9. The van der Waals surface area contributed by atoms with Crippen LogP contribution in [0.15, 0.2) is 199 Å². The van der Waals surface area contributed by atoms with Crippen LogP contribution in [0.5, 0.6) is 0 Å². The van der Waals surface area contributed by atoms with Gasteiger partial charge in [-0.2, -0.15) is 0 Å². The van der Waals surface area contributed by atoms with Gasteiger partial charge in [0.25, 0.3) is 0 Å². The van der Waals surface area contributed by atoms with Crippen LogP contribution in [0.1, 0.15) is 0 Å². The maximum atomic E-state index is 6.58. The number of rotatable bonds is 4. The smallest absolute Gasteiger partial charge is 0.136 e. The molecule has 1 heteroatoms. The SMILES string of the molecule is c1ccc(-c2ccc3c(-c4cccc5oc6ccc(-c7ccccc7)cc6c45)c4ccccc4c(-c4cccc5c4ccc4ccccc45)c3c2)cc1. The summed E-state index contributed by atoms with van der Waals surface area (Å²) in [5, 5.41) is 12.2. The van der Waals surface area contributed by atoms with Crippen molar-refractivity contribution in [2.24, 2.45) is 0 Å². The molecule has 0 spiro atoms. The van der Waals surface area contributed by atoms with Crippen LogP contribution < -0.4 is 0 Å². The number of hydrogen-bond acceptors (Lipinski definition) is 1. The lowest BCUT2D eigenvalue weighted by Gasteiger charge is -2.20. The maximum absolute atomic E-state index is 6.58. The molecule has 0 N–H and O–H groups in total. The maximum Gasteiger partial charge on any atom is 0.136 e. The van der Waals surface area contributed by atoms with Gasteiger partial charge in [-0.25, -0.2) is 0 Å². The third-order valence-electron chi connectivity index (χ3n) is 11.1. The first-order valence-electron chi connectivity index (χ1n) is 18.3. The predicted octanol–water partition coefficient (Wildman–Crippen LogP) is 14.9. The Balaban J connectivity index is 1.28. The van der Waals surface area contributed by atoms with E-state index in [-0.39, 0.29) is 0 Å². The summed E-state index contributed by atoms with van der Waals surface area (Å²) in [6.45, 7) is 0. The quantitative estimate of drug-likeness (QED) is 0.134. The van der Waals surface area contributed by atoms with Gasteiger partial charge in [0.15, 0.2) is 0 Å². The molecule has 246 valence electrons. The topological polar surface area (TPSA) is 13.1 Å². The van der Waals surface area contributed by atoms with E-state index in [1.807, 2.05) is 0 Å². The van der Waals surface area contributed by atoms with Gasteiger partial charge in [0.05, 0.1) is 0 Å². The lowest BCUT2D eigenvalue weighted by atomic mass is 9.82. The minimum absolute atomic E-state index is 0.894. The summed E-state index contributed by atoms with van der Waals surface area (Å²) < 4.78 is 6.58. The highest BCUT2D eigenvalue weighted by atomic mass is 16.3. The highest BCUT2D eigenvalue weighted by Gasteiger charge is 2.22. The molecule has 1 aromatic heterocycles. The average molecular weight is 673 g/mol. The van der Waals surface area contributed by atoms with Gasteiger partial charge in [0.2, 0.25) is 0 Å². The Hall–Kier alpha value is -6.96. The molecule has 0 saturated heterocycles. The van der Waals surface area contributed by atoms with Crippen molar-refractivity contribution in [3.8, 4) is 44.5 Å². The Labute approximate surface area is 307 Å². The molecule has 0 bridgehead atoms. The molecule has 11 rings (SSSR count). The second kappa shape index (κ2) is 11.8. The normalized spacial score (nSPS) is 11.8. The van der Waals surface area contributed by atoms with Gasteiger partial charge in [0.1, 0.15) is 11.2 Å². The molecule has 0 radical (unpaired) electrons. The van der Waals surface area contributed by atoms with E-state index in [1.54, 1.807) is 0 Å². The first kappa shape index (κ1) is 29.7. The summed E-state index contributed by atoms with van der Waals surface area (Å²) in [5.41, 5.74) is 11.5. The van der Waals surface area contributed by atoms with Crippen LogP contribution in [0.3, 0.4) is 0 Å². The summed E-state index contributed by atoms with van der Waals surface area (Å²) in [4.78, 5) is 0. The average Bonchev–Trinajstić information content (AvgIpc) is 3.61. The minimum atomic E-state index is 0.894. The van der Waals surface area contributed by atoms with E-state index < -0.39 is 0 Å². The van der Waals surface area contributed by atoms with Crippen LogP contribution >= 0.6 is 0 Å². The fourth-order valence-corrected chi connectivity index (χ4v) is 8.67. The van der Waals surface area contributed by atoms with Gasteiger partial charge in [-0.15, -0.1) is 0 Å². The van der Waals surface area contributed by atoms with E-state index >= 15 is 0 Å². The number of hydrogen-bond donors (Lipinski definition) is 0. The zero-order valence-corrected chi connectivity index (χ0v) is 28.9. The Kier molecular flexibility index (Phi) is 6.62. The Morgan fingerprint density at radius 2 is 0.811 bits per heavy atom. The monoisotopic (exact) mass is 672 g/mol. The van der Waals surface area contributed by atoms with Crippen molar-refractivity contribution in [1.82, 2.24) is 0 Å². The van der Waals surface area contributed by atoms with E-state index in [0.717, 1.165) is 21.9 Å². The van der Waals surface area contributed by atoms with E-state index in [1.165, 1.54) is 87.6 Å². The molecule has 0 aliphatic rings. The summed E-state index contributed by atoms with van der Waals surface area (Å²) in [5.74, 6) is 0. The van der Waals surface area contributed by atoms with Gasteiger partial charge >= 0.3 is 0 Å². The molecule has 0 atom stereocenters. The van der Waals surface area contributed by atoms with Gasteiger partial charge in [-0.3, -0.25) is 0 Å². The molecule has 10 aromatic carbocycles. The van der Waals surface area contributed by atoms with Crippen LogP contribution in [0.2, 0.25) is 0 Å². The second-order valence-electron chi connectivity index (χ2n) is 14.0. The highest BCUT2D eigenvalue weighted by molar-refractivity contribution is 6.28. The van der Waals surface area contributed by atoms with Crippen molar-refractivity contribution in [3.05, 3.63) is 194 Å². The molecule has 0 amide bonds. The van der Waals surface area contributed by atoms with Crippen LogP contribution in [0.25, 0.3) is 110 Å². The van der Waals surface area contributed by atoms with Crippen molar-refractivity contribution in [3.63, 3.8) is 0 Å². The second-order valence-corrected chi connectivity index (χ2v) is 14.0. The van der Waals surface area contributed by atoms with Crippen LogP contribution in [-0.4, -0.2) is 0 Å². The van der Waals surface area contributed by atoms with Crippen molar-refractivity contribution in [1.29, 1.82) is 0 Å². The third kappa shape index (κ3) is 4.64. The zero-order chi connectivity index (χ0) is 34.9. The van der Waals surface area contributed by atoms with E-state index in [0.29, 0.717) is 0 Å². The Morgan fingerprint density at radius 3 is 1.57 bits per heavy atom. The van der Waals surface area contributed by atoms with Crippen molar-refractivity contribution in [2.45, 2.75) is 0 Å². The molecule has 0 aliphatic carbocycles. The lowest BCUT2D eigenvalue weighted by Crippen LogP contribution is -1.93. The first-order valence-corrected chi connectivity index (χ1v) is 18.3. The summed E-state index contributed by atoms with van der Waals surface area (Å²) in [7, 11) is 0. The van der Waals surface area contributed by atoms with Crippen LogP contribution in [0.4, 0.5) is 0 Å². The Bertz CT molecular complexity index is 3210. The molecular formula is C52H32O. The number of benzene rings is 10. The molecule has 0 saturated carbocycles. The van der Waals surface area contributed by atoms with E-state index in [9.17, 15) is 0 Å². The molecule has 53 heavy (non-hydrogen) atoms. The van der Waals surface area contributed by atoms with E-state index in [4.69, 9.17) is 4.42 Å². The molecule has 0 aliphatic heterocycles. The van der Waals surface area contributed by atoms with E-state index in [2.05, 4.69) is 194 Å². The van der Waals surface area contributed by atoms with Gasteiger partial charge in [-0.05, 0) is 112 Å². The van der Waals surface area contributed by atoms with Crippen molar-refractivity contribution in [2.75, 3.05) is 0 Å². The molecule has 0 fully saturated rings. The predicted molar refractivity (Wildman–Crippen MR) is 225 cm³/mol. The lowest BCUT2D eigenvalue weighted by molar-refractivity contribution is 0.669. The molecule has 1 nitrogen and oxygen atoms in total. The largest absolute Gasteiger partial charge is 0.456 e. The number of fused-ring (bicyclic) bond motifs is 8. The first-order chi connectivity index (χ1) is 26.3. The van der Waals surface area contributed by atoms with Crippen LogP contribution in [-0.2, 0) is 0 Å². The fraction of sp³-hybridized carbons (Fsp3) is 0. The van der Waals surface area contributed by atoms with Gasteiger partial charge < -0.3 is 4.42 Å². The standard InChI is InChI=1S/C52H32O/c1-3-13-33(14-4-1)36-26-29-44-46(31-36)51(41-22-11-21-39-38-18-8-7-17-35(38)25-28-40(39)41)43-20-10-9-19-42(43)50(44)45-23-12-24-49-52(45)47-32-37(27-30-48(47)53-49)34-15-5-2-6-16-34/h1-32H. The van der Waals surface area contributed by atoms with Gasteiger partial charge in [-0.1, -0.05) is 170 Å². The highest BCUT2D eigenvalue weighted by Crippen LogP contribution is 2.49. The molecule has 0 unspecified atom stereocenters. The molecule has 11 aromatic rings. The minimum Gasteiger partial charge on any atom is -0.456 e. The fourth-order valence-electron chi connectivity index (χ4n) is 8.67. The van der Waals surface area contributed by atoms with Crippen molar-refractivity contribution >= 4 is 65.0 Å². The summed E-state index contributed by atoms with van der Waals surface area (Å²) in [6.07, 6.45) is 0.